The van der Waals surface area contributed by atoms with Gasteiger partial charge in [-0.25, -0.2) is 4.79 Å². The van der Waals surface area contributed by atoms with Crippen LogP contribution in [0.5, 0.6) is 0 Å². The van der Waals surface area contributed by atoms with Gasteiger partial charge in [0.25, 0.3) is 0 Å². The van der Waals surface area contributed by atoms with Crippen molar-refractivity contribution in [3.63, 3.8) is 0 Å². The van der Waals surface area contributed by atoms with Crippen LogP contribution < -0.4 is 17.2 Å². The summed E-state index contributed by atoms with van der Waals surface area (Å²) in [6.07, 6.45) is -15.7. The minimum atomic E-state index is -2.15. The Kier molecular flexibility index (Phi) is 7.63. The first kappa shape index (κ1) is 23.6. The van der Waals surface area contributed by atoms with E-state index in [1.807, 2.05) is 0 Å². The Labute approximate surface area is 163 Å². The highest BCUT2D eigenvalue weighted by molar-refractivity contribution is 5.23. The third-order valence-corrected chi connectivity index (χ3v) is 4.81. The van der Waals surface area contributed by atoms with Gasteiger partial charge in [-0.1, -0.05) is 0 Å². The maximum absolute atomic E-state index is 12.0. The molecule has 1 aliphatic heterocycles. The summed E-state index contributed by atoms with van der Waals surface area (Å²) in [6.45, 7) is -0.930. The topological polar surface area (TPSA) is 258 Å². The Bertz CT molecular complexity index is 735. The van der Waals surface area contributed by atoms with Crippen molar-refractivity contribution in [1.29, 1.82) is 0 Å². The van der Waals surface area contributed by atoms with Gasteiger partial charge in [0.15, 0.2) is 6.23 Å². The van der Waals surface area contributed by atoms with Crippen LogP contribution in [0, 0.1) is 0 Å². The molecule has 0 saturated carbocycles. The average Bonchev–Trinajstić information content (AvgIpc) is 2.70. The summed E-state index contributed by atoms with van der Waals surface area (Å²) < 4.78 is 6.20. The fourth-order valence-electron chi connectivity index (χ4n) is 3.01. The third-order valence-electron chi connectivity index (χ3n) is 4.81. The van der Waals surface area contributed by atoms with Crippen LogP contribution in [0.4, 0.5) is 5.82 Å². The zero-order valence-corrected chi connectivity index (χ0v) is 15.1. The highest BCUT2D eigenvalue weighted by Gasteiger charge is 2.49. The van der Waals surface area contributed by atoms with Crippen molar-refractivity contribution in [3.05, 3.63) is 22.7 Å². The van der Waals surface area contributed by atoms with Crippen LogP contribution >= 0.6 is 0 Å². The molecule has 29 heavy (non-hydrogen) atoms. The van der Waals surface area contributed by atoms with Crippen LogP contribution in [0.15, 0.2) is 17.1 Å². The minimum absolute atomic E-state index is 0.111. The van der Waals surface area contributed by atoms with Crippen LogP contribution in [0.2, 0.25) is 0 Å². The Balaban J connectivity index is 2.27. The quantitative estimate of drug-likeness (QED) is 0.196. The van der Waals surface area contributed by atoms with E-state index in [1.54, 1.807) is 0 Å². The van der Waals surface area contributed by atoms with Gasteiger partial charge in [-0.15, -0.1) is 0 Å². The molecule has 2 rings (SSSR count). The lowest BCUT2D eigenvalue weighted by atomic mass is 9.88. The summed E-state index contributed by atoms with van der Waals surface area (Å²) in [5.74, 6) is -0.111. The molecule has 0 amide bonds. The molecule has 0 spiro atoms. The van der Waals surface area contributed by atoms with Crippen molar-refractivity contribution >= 4 is 5.82 Å². The van der Waals surface area contributed by atoms with Gasteiger partial charge in [0.05, 0.1) is 12.6 Å². The highest BCUT2D eigenvalue weighted by atomic mass is 16.5. The number of aliphatic hydroxyl groups excluding tert-OH is 8. The zero-order valence-electron chi connectivity index (χ0n) is 15.1. The molecule has 12 N–H and O–H groups in total. The number of aliphatic hydroxyl groups is 8. The van der Waals surface area contributed by atoms with E-state index in [4.69, 9.17) is 21.3 Å². The van der Waals surface area contributed by atoms with Gasteiger partial charge < -0.3 is 57.1 Å². The second-order valence-corrected chi connectivity index (χ2v) is 6.80. The van der Waals surface area contributed by atoms with Gasteiger partial charge in [0, 0.05) is 6.20 Å². The van der Waals surface area contributed by atoms with Crippen LogP contribution in [-0.2, 0) is 4.74 Å². The molecule has 10 atom stereocenters. The van der Waals surface area contributed by atoms with E-state index >= 15 is 0 Å². The monoisotopic (exact) mass is 422 g/mol. The van der Waals surface area contributed by atoms with Crippen LogP contribution in [-0.4, -0.2) is 112 Å². The van der Waals surface area contributed by atoms with Gasteiger partial charge in [-0.2, -0.15) is 4.98 Å². The number of ether oxygens (including phenoxy) is 1. The number of hydrogen-bond acceptors (Lipinski definition) is 13. The van der Waals surface area contributed by atoms with Gasteiger partial charge in [-0.3, -0.25) is 4.57 Å². The molecule has 1 saturated heterocycles. The molecule has 14 heteroatoms. The van der Waals surface area contributed by atoms with E-state index in [0.717, 1.165) is 10.8 Å². The Morgan fingerprint density at radius 2 is 1.72 bits per heavy atom. The number of anilines is 1. The molecule has 0 aliphatic carbocycles. The summed E-state index contributed by atoms with van der Waals surface area (Å²) in [4.78, 5) is 15.5. The van der Waals surface area contributed by atoms with Crippen molar-refractivity contribution in [2.24, 2.45) is 5.73 Å². The molecule has 0 unspecified atom stereocenters. The molecule has 0 aromatic carbocycles. The standard InChI is InChI=1S/C15H26N4O10/c16-5-1-2-19(15(28)18-5)14-12(27)8(23)6(17)13(29-14)11(26)10(25)9(24)7(22)4(21)3-20/h1-2,4,6-14,20-27H,3,17H2,(H2,16,18,28)/t4-,6+,7-,8+,9+,10+,11-,12-,13+,14-/m1/s1. The molecule has 0 radical (unpaired) electrons. The molecule has 2 heterocycles. The maximum atomic E-state index is 12.0. The molecule has 166 valence electrons. The summed E-state index contributed by atoms with van der Waals surface area (Å²) in [5.41, 5.74) is 10.2. The SMILES string of the molecule is Nc1ccn([C@@H]2O[C@H]([C@H](O)[C@@H](O)[C@@H](O)[C@H](O)[C@H](O)CO)[C@@H](N)[C@H](O)[C@H]2O)c(=O)n1. The molecule has 14 nitrogen and oxygen atoms in total. The lowest BCUT2D eigenvalue weighted by Crippen LogP contribution is -2.66. The number of hydrogen-bond donors (Lipinski definition) is 10. The van der Waals surface area contributed by atoms with E-state index in [1.165, 1.54) is 6.07 Å². The molecular weight excluding hydrogens is 396 g/mol. The second-order valence-electron chi connectivity index (χ2n) is 6.80. The smallest absolute Gasteiger partial charge is 0.351 e. The van der Waals surface area contributed by atoms with Crippen molar-refractivity contribution in [2.45, 2.75) is 61.1 Å². The van der Waals surface area contributed by atoms with Gasteiger partial charge in [-0.05, 0) is 6.07 Å². The van der Waals surface area contributed by atoms with Crippen molar-refractivity contribution < 1.29 is 45.6 Å². The number of rotatable bonds is 7. The Morgan fingerprint density at radius 3 is 2.28 bits per heavy atom. The molecule has 0 bridgehead atoms. The van der Waals surface area contributed by atoms with Crippen LogP contribution in [0.1, 0.15) is 6.23 Å². The molecular formula is C15H26N4O10. The van der Waals surface area contributed by atoms with Gasteiger partial charge in [0.2, 0.25) is 0 Å². The van der Waals surface area contributed by atoms with E-state index in [9.17, 15) is 40.5 Å². The first-order chi connectivity index (χ1) is 13.5. The number of nitrogens with two attached hydrogens (primary N) is 2. The maximum Gasteiger partial charge on any atom is 0.351 e. The largest absolute Gasteiger partial charge is 0.394 e. The number of nitrogen functional groups attached to an aromatic ring is 1. The summed E-state index contributed by atoms with van der Waals surface area (Å²) in [7, 11) is 0. The number of nitrogens with zero attached hydrogens (tertiary/aromatic N) is 2. The summed E-state index contributed by atoms with van der Waals surface area (Å²) in [5, 5.41) is 78.8. The van der Waals surface area contributed by atoms with E-state index < -0.39 is 73.4 Å². The van der Waals surface area contributed by atoms with Crippen LogP contribution in [0.3, 0.4) is 0 Å². The highest BCUT2D eigenvalue weighted by Crippen LogP contribution is 2.29. The minimum Gasteiger partial charge on any atom is -0.394 e. The van der Waals surface area contributed by atoms with E-state index in [0.29, 0.717) is 0 Å². The first-order valence-electron chi connectivity index (χ1n) is 8.64. The Hall–Kier alpha value is -1.72. The molecule has 1 aromatic rings. The fourth-order valence-corrected chi connectivity index (χ4v) is 3.01. The molecule has 1 aliphatic rings. The van der Waals surface area contributed by atoms with Crippen LogP contribution in [0.25, 0.3) is 0 Å². The predicted molar refractivity (Wildman–Crippen MR) is 93.9 cm³/mol. The van der Waals surface area contributed by atoms with Gasteiger partial charge in [0.1, 0.15) is 54.6 Å². The van der Waals surface area contributed by atoms with E-state index in [-0.39, 0.29) is 5.82 Å². The fraction of sp³-hybridized carbons (Fsp3) is 0.733. The Morgan fingerprint density at radius 1 is 1.10 bits per heavy atom. The second kappa shape index (κ2) is 9.40. The lowest BCUT2D eigenvalue weighted by Gasteiger charge is -2.44. The zero-order chi connectivity index (χ0) is 22.0. The van der Waals surface area contributed by atoms with Crippen molar-refractivity contribution in [3.8, 4) is 0 Å². The molecule has 1 aromatic heterocycles. The van der Waals surface area contributed by atoms with Crippen molar-refractivity contribution in [2.75, 3.05) is 12.3 Å². The lowest BCUT2D eigenvalue weighted by molar-refractivity contribution is -0.247. The first-order valence-corrected chi connectivity index (χ1v) is 8.64. The summed E-state index contributed by atoms with van der Waals surface area (Å²) >= 11 is 0. The molecule has 1 fully saturated rings. The summed E-state index contributed by atoms with van der Waals surface area (Å²) in [6, 6.07) is -0.259. The average molecular weight is 422 g/mol. The van der Waals surface area contributed by atoms with E-state index in [2.05, 4.69) is 4.98 Å². The van der Waals surface area contributed by atoms with Gasteiger partial charge >= 0.3 is 5.69 Å². The predicted octanol–water partition coefficient (Wildman–Crippen LogP) is -6.43. The number of aromatic nitrogens is 2. The normalized spacial score (nSPS) is 32.9. The van der Waals surface area contributed by atoms with Crippen molar-refractivity contribution in [1.82, 2.24) is 9.55 Å². The third kappa shape index (κ3) is 4.72.